The first-order chi connectivity index (χ1) is 9.74. The van der Waals surface area contributed by atoms with Crippen LogP contribution in [0.2, 0.25) is 0 Å². The van der Waals surface area contributed by atoms with Crippen molar-refractivity contribution in [1.29, 1.82) is 5.26 Å². The van der Waals surface area contributed by atoms with Crippen LogP contribution in [0.1, 0.15) is 24.8 Å². The number of likely N-dealkylation sites (tertiary alicyclic amines) is 1. The van der Waals surface area contributed by atoms with Gasteiger partial charge in [0.25, 0.3) is 0 Å². The van der Waals surface area contributed by atoms with Gasteiger partial charge >= 0.3 is 6.03 Å². The monoisotopic (exact) mass is 273 g/mol. The summed E-state index contributed by atoms with van der Waals surface area (Å²) in [5, 5.41) is 21.6. The van der Waals surface area contributed by atoms with Gasteiger partial charge in [0.1, 0.15) is 6.04 Å². The summed E-state index contributed by atoms with van der Waals surface area (Å²) in [5.41, 5.74) is 0.984. The first-order valence-electron chi connectivity index (χ1n) is 6.86. The van der Waals surface area contributed by atoms with Crippen molar-refractivity contribution >= 4 is 6.03 Å². The molecule has 1 aliphatic rings. The highest BCUT2D eigenvalue weighted by Gasteiger charge is 2.51. The number of nitriles is 1. The zero-order chi connectivity index (χ0) is 14.5. The molecule has 0 unspecified atom stereocenters. The predicted octanol–water partition coefficient (Wildman–Crippen LogP) is 1.46. The van der Waals surface area contributed by atoms with E-state index in [1.54, 1.807) is 0 Å². The minimum absolute atomic E-state index is 0.126. The number of benzene rings is 1. The van der Waals surface area contributed by atoms with Gasteiger partial charge < -0.3 is 15.3 Å². The van der Waals surface area contributed by atoms with E-state index in [1.165, 1.54) is 4.90 Å². The van der Waals surface area contributed by atoms with Crippen molar-refractivity contribution in [1.82, 2.24) is 10.2 Å². The Hall–Kier alpha value is -2.06. The molecule has 0 aliphatic carbocycles. The van der Waals surface area contributed by atoms with Crippen LogP contribution in [0, 0.1) is 11.3 Å². The fourth-order valence-corrected chi connectivity index (χ4v) is 2.69. The number of rotatable bonds is 4. The van der Waals surface area contributed by atoms with E-state index < -0.39 is 6.04 Å². The van der Waals surface area contributed by atoms with E-state index in [0.29, 0.717) is 6.54 Å². The van der Waals surface area contributed by atoms with Crippen LogP contribution >= 0.6 is 0 Å². The molecule has 1 aromatic rings. The van der Waals surface area contributed by atoms with Crippen molar-refractivity contribution in [3.63, 3.8) is 0 Å². The number of urea groups is 1. The first-order valence-corrected chi connectivity index (χ1v) is 6.86. The van der Waals surface area contributed by atoms with E-state index in [2.05, 4.69) is 11.4 Å². The molecule has 1 aromatic carbocycles. The third-order valence-corrected chi connectivity index (χ3v) is 3.68. The average molecular weight is 273 g/mol. The fourth-order valence-electron chi connectivity index (χ4n) is 2.69. The Balaban J connectivity index is 2.17. The highest BCUT2D eigenvalue weighted by atomic mass is 16.3. The molecule has 3 atom stereocenters. The summed E-state index contributed by atoms with van der Waals surface area (Å²) in [5.74, 6) is -0.126. The molecule has 2 rings (SSSR count). The number of aliphatic hydroxyl groups excluding tert-OH is 1. The lowest BCUT2D eigenvalue weighted by Crippen LogP contribution is -2.67. The summed E-state index contributed by atoms with van der Waals surface area (Å²) in [6.07, 6.45) is 0.836. The number of carbonyl (C=O) groups is 1. The maximum atomic E-state index is 12.1. The molecule has 106 valence electrons. The predicted molar refractivity (Wildman–Crippen MR) is 75.0 cm³/mol. The number of carbonyl (C=O) groups excluding carboxylic acids is 1. The molecule has 20 heavy (non-hydrogen) atoms. The van der Waals surface area contributed by atoms with E-state index in [1.807, 2.05) is 37.3 Å². The van der Waals surface area contributed by atoms with E-state index in [0.717, 1.165) is 12.0 Å². The molecule has 1 saturated heterocycles. The summed E-state index contributed by atoms with van der Waals surface area (Å²) in [6, 6.07) is 10.6. The van der Waals surface area contributed by atoms with Crippen molar-refractivity contribution in [2.45, 2.75) is 31.3 Å². The number of aliphatic hydroxyl groups is 1. The minimum atomic E-state index is -0.522. The third kappa shape index (κ3) is 2.47. The highest BCUT2D eigenvalue weighted by Crippen LogP contribution is 2.40. The van der Waals surface area contributed by atoms with Crippen molar-refractivity contribution in [3.8, 4) is 6.07 Å². The maximum absolute atomic E-state index is 12.1. The van der Waals surface area contributed by atoms with Crippen LogP contribution in [-0.4, -0.2) is 41.3 Å². The molecule has 2 amide bonds. The number of amides is 2. The van der Waals surface area contributed by atoms with Crippen LogP contribution in [0.5, 0.6) is 0 Å². The zero-order valence-electron chi connectivity index (χ0n) is 11.5. The van der Waals surface area contributed by atoms with Gasteiger partial charge in [0, 0.05) is 12.5 Å². The number of nitrogens with one attached hydrogen (secondary N) is 1. The second-order valence-corrected chi connectivity index (χ2v) is 4.90. The van der Waals surface area contributed by atoms with Crippen LogP contribution in [0.3, 0.4) is 0 Å². The van der Waals surface area contributed by atoms with Gasteiger partial charge in [0.2, 0.25) is 0 Å². The van der Waals surface area contributed by atoms with Gasteiger partial charge in [-0.3, -0.25) is 0 Å². The lowest BCUT2D eigenvalue weighted by atomic mass is 9.76. The first kappa shape index (κ1) is 14.4. The van der Waals surface area contributed by atoms with Crippen molar-refractivity contribution < 1.29 is 9.90 Å². The van der Waals surface area contributed by atoms with Gasteiger partial charge in [-0.1, -0.05) is 37.3 Å². The average Bonchev–Trinajstić information content (AvgIpc) is 2.46. The van der Waals surface area contributed by atoms with Crippen LogP contribution in [0.15, 0.2) is 30.3 Å². The highest BCUT2D eigenvalue weighted by molar-refractivity contribution is 5.77. The second-order valence-electron chi connectivity index (χ2n) is 4.90. The number of hydrogen-bond donors (Lipinski definition) is 2. The van der Waals surface area contributed by atoms with Crippen molar-refractivity contribution in [3.05, 3.63) is 35.9 Å². The maximum Gasteiger partial charge on any atom is 0.318 e. The summed E-state index contributed by atoms with van der Waals surface area (Å²) in [7, 11) is 0. The van der Waals surface area contributed by atoms with Gasteiger partial charge in [-0.25, -0.2) is 4.79 Å². The van der Waals surface area contributed by atoms with Gasteiger partial charge in [0.05, 0.1) is 18.7 Å². The third-order valence-electron chi connectivity index (χ3n) is 3.68. The van der Waals surface area contributed by atoms with Crippen LogP contribution in [-0.2, 0) is 0 Å². The Morgan fingerprint density at radius 1 is 1.45 bits per heavy atom. The summed E-state index contributed by atoms with van der Waals surface area (Å²) < 4.78 is 0. The normalized spacial score (nSPS) is 24.6. The van der Waals surface area contributed by atoms with E-state index in [-0.39, 0.29) is 24.6 Å². The smallest absolute Gasteiger partial charge is 0.318 e. The van der Waals surface area contributed by atoms with Crippen LogP contribution < -0.4 is 5.32 Å². The van der Waals surface area contributed by atoms with Crippen LogP contribution in [0.4, 0.5) is 4.79 Å². The molecule has 2 N–H and O–H groups in total. The second kappa shape index (κ2) is 6.40. The molecule has 0 bridgehead atoms. The Bertz CT molecular complexity index is 498. The number of nitrogens with zero attached hydrogens (tertiary/aromatic N) is 2. The van der Waals surface area contributed by atoms with Gasteiger partial charge in [-0.15, -0.1) is 0 Å². The Morgan fingerprint density at radius 2 is 2.15 bits per heavy atom. The molecule has 0 radical (unpaired) electrons. The molecule has 0 aromatic heterocycles. The van der Waals surface area contributed by atoms with E-state index in [4.69, 9.17) is 0 Å². The van der Waals surface area contributed by atoms with Crippen LogP contribution in [0.25, 0.3) is 0 Å². The molecular weight excluding hydrogens is 254 g/mol. The molecule has 5 nitrogen and oxygen atoms in total. The molecule has 1 heterocycles. The Morgan fingerprint density at radius 3 is 2.70 bits per heavy atom. The Labute approximate surface area is 118 Å². The SMILES string of the molecule is CCCNC(=O)N1[C@H](C#N)[C@H](c2ccccc2)[C@H]1CO. The van der Waals surface area contributed by atoms with Crippen molar-refractivity contribution in [2.24, 2.45) is 0 Å². The van der Waals surface area contributed by atoms with Gasteiger partial charge in [-0.05, 0) is 12.0 Å². The molecular formula is C15H19N3O2. The molecule has 1 fully saturated rings. The van der Waals surface area contributed by atoms with E-state index >= 15 is 0 Å². The topological polar surface area (TPSA) is 76.4 Å². The van der Waals surface area contributed by atoms with Crippen molar-refractivity contribution in [2.75, 3.05) is 13.2 Å². The van der Waals surface area contributed by atoms with E-state index in [9.17, 15) is 15.2 Å². The zero-order valence-corrected chi connectivity index (χ0v) is 11.5. The minimum Gasteiger partial charge on any atom is -0.394 e. The molecule has 1 aliphatic heterocycles. The largest absolute Gasteiger partial charge is 0.394 e. The molecule has 0 saturated carbocycles. The lowest BCUT2D eigenvalue weighted by Gasteiger charge is -2.51. The standard InChI is InChI=1S/C15H19N3O2/c1-2-8-17-15(20)18-12(9-16)14(13(18)10-19)11-6-4-3-5-7-11/h3-7,12-14,19H,2,8,10H2,1H3,(H,17,20)/t12-,13-,14+/m1/s1. The summed E-state index contributed by atoms with van der Waals surface area (Å²) >= 11 is 0. The number of hydrogen-bond acceptors (Lipinski definition) is 3. The summed E-state index contributed by atoms with van der Waals surface area (Å²) in [6.45, 7) is 2.40. The molecule has 0 spiro atoms. The quantitative estimate of drug-likeness (QED) is 0.872. The Kier molecular flexibility index (Phi) is 4.59. The fraction of sp³-hybridized carbons (Fsp3) is 0.467. The summed E-state index contributed by atoms with van der Waals surface area (Å²) in [4.78, 5) is 13.5. The lowest BCUT2D eigenvalue weighted by molar-refractivity contribution is 0.0169. The molecule has 5 heteroatoms. The van der Waals surface area contributed by atoms with Gasteiger partial charge in [-0.2, -0.15) is 5.26 Å². The van der Waals surface area contributed by atoms with Gasteiger partial charge in [0.15, 0.2) is 0 Å².